The van der Waals surface area contributed by atoms with E-state index < -0.39 is 34.3 Å². The third kappa shape index (κ3) is 13.9. The van der Waals surface area contributed by atoms with Crippen molar-refractivity contribution in [3.8, 4) is 0 Å². The fourth-order valence-corrected chi connectivity index (χ4v) is 2.36. The molecule has 0 aliphatic heterocycles. The Labute approximate surface area is 141 Å². The summed E-state index contributed by atoms with van der Waals surface area (Å²) in [6.45, 7) is 0.406. The van der Waals surface area contributed by atoms with Gasteiger partial charge >= 0.3 is 12.1 Å². The minimum atomic E-state index is -3.80. The fourth-order valence-electron chi connectivity index (χ4n) is 1.28. The average Bonchev–Trinajstić information content (AvgIpc) is 2.44. The van der Waals surface area contributed by atoms with Crippen molar-refractivity contribution in [1.29, 1.82) is 0 Å². The summed E-state index contributed by atoms with van der Waals surface area (Å²) in [6.07, 6.45) is -0.298. The predicted octanol–water partition coefficient (Wildman–Crippen LogP) is -2.44. The first kappa shape index (κ1) is 22.3. The Morgan fingerprint density at radius 2 is 1.92 bits per heavy atom. The molecule has 14 heteroatoms. The molecule has 1 amide bonds. The highest BCUT2D eigenvalue weighted by molar-refractivity contribution is 8.36. The highest BCUT2D eigenvalue weighted by Crippen LogP contribution is 1.98. The van der Waals surface area contributed by atoms with Crippen LogP contribution in [0.5, 0.6) is 0 Å². The van der Waals surface area contributed by atoms with Gasteiger partial charge in [0.2, 0.25) is 9.64 Å². The van der Waals surface area contributed by atoms with Gasteiger partial charge in [0.25, 0.3) is 0 Å². The van der Waals surface area contributed by atoms with Crippen LogP contribution in [0, 0.1) is 0 Å². The lowest BCUT2D eigenvalue weighted by Crippen LogP contribution is -2.47. The van der Waals surface area contributed by atoms with Gasteiger partial charge in [-0.3, -0.25) is 9.79 Å². The molecule has 0 fully saturated rings. The van der Waals surface area contributed by atoms with E-state index in [1.807, 2.05) is 4.72 Å². The molecule has 0 aromatic heterocycles. The van der Waals surface area contributed by atoms with Gasteiger partial charge in [-0.25, -0.2) is 13.2 Å². The Hall–Kier alpha value is -1.69. The van der Waals surface area contributed by atoms with Crippen LogP contribution in [0.3, 0.4) is 0 Å². The molecule has 12 nitrogen and oxygen atoms in total. The second-order valence-electron chi connectivity index (χ2n) is 4.34. The molecular weight excluding hydrogens is 365 g/mol. The van der Waals surface area contributed by atoms with E-state index in [-0.39, 0.29) is 19.2 Å². The second kappa shape index (κ2) is 11.8. The summed E-state index contributed by atoms with van der Waals surface area (Å²) < 4.78 is 33.6. The largest absolute Gasteiger partial charge is 0.480 e. The number of alkyl carbamates (subject to hydrolysis) is 1. The summed E-state index contributed by atoms with van der Waals surface area (Å²) in [4.78, 5) is 25.9. The van der Waals surface area contributed by atoms with Crippen LogP contribution in [-0.4, -0.2) is 70.5 Å². The van der Waals surface area contributed by atoms with E-state index in [1.165, 1.54) is 8.44 Å². The number of guanidine groups is 1. The molecule has 7 N–H and O–H groups in total. The summed E-state index contributed by atoms with van der Waals surface area (Å²) >= 11 is 0. The van der Waals surface area contributed by atoms with Crippen LogP contribution in [0.4, 0.5) is 4.79 Å². The van der Waals surface area contributed by atoms with Gasteiger partial charge in [-0.2, -0.15) is 4.72 Å². The maximum absolute atomic E-state index is 11.3. The number of carboxylic acids is 1. The van der Waals surface area contributed by atoms with Crippen LogP contribution in [0.1, 0.15) is 6.42 Å². The van der Waals surface area contributed by atoms with Crippen molar-refractivity contribution in [1.82, 2.24) is 10.0 Å². The van der Waals surface area contributed by atoms with Gasteiger partial charge in [-0.15, -0.1) is 0 Å². The van der Waals surface area contributed by atoms with Crippen molar-refractivity contribution in [2.24, 2.45) is 16.5 Å². The molecule has 0 aliphatic rings. The summed E-state index contributed by atoms with van der Waals surface area (Å²) in [6, 6.07) is -1.51. The molecule has 140 valence electrons. The Kier molecular flexibility index (Phi) is 11.0. The zero-order chi connectivity index (χ0) is 18.6. The second-order valence-corrected chi connectivity index (χ2v) is 7.53. The van der Waals surface area contributed by atoms with Crippen molar-refractivity contribution < 1.29 is 32.6 Å². The number of carbonyl (C=O) groups excluding carboxylic acids is 1. The number of nitrogens with zero attached hydrogens (tertiary/aromatic N) is 1. The predicted molar refractivity (Wildman–Crippen MR) is 88.7 cm³/mol. The molecule has 0 aromatic rings. The van der Waals surface area contributed by atoms with Gasteiger partial charge in [0, 0.05) is 28.1 Å². The number of hydrogen-bond acceptors (Lipinski definition) is 7. The Balaban J connectivity index is 3.82. The van der Waals surface area contributed by atoms with Crippen LogP contribution >= 0.6 is 8.44 Å². The quantitative estimate of drug-likeness (QED) is 0.104. The van der Waals surface area contributed by atoms with E-state index in [0.717, 1.165) is 0 Å². The summed E-state index contributed by atoms with van der Waals surface area (Å²) in [5.41, 5.74) is 10.3. The van der Waals surface area contributed by atoms with Crippen molar-refractivity contribution in [2.45, 2.75) is 12.5 Å². The molecular formula is C10H22N5O7PS. The van der Waals surface area contributed by atoms with Crippen LogP contribution < -0.4 is 21.5 Å². The van der Waals surface area contributed by atoms with Crippen LogP contribution in [0.25, 0.3) is 0 Å². The highest BCUT2D eigenvalue weighted by Gasteiger charge is 2.22. The highest BCUT2D eigenvalue weighted by atomic mass is 32.7. The number of hydrogen-bond donors (Lipinski definition) is 5. The average molecular weight is 387 g/mol. The third-order valence-electron chi connectivity index (χ3n) is 2.26. The van der Waals surface area contributed by atoms with E-state index in [0.29, 0.717) is 19.6 Å². The maximum Gasteiger partial charge on any atom is 0.407 e. The van der Waals surface area contributed by atoms with Crippen molar-refractivity contribution >= 4 is 36.1 Å². The Morgan fingerprint density at radius 1 is 1.25 bits per heavy atom. The monoisotopic (exact) mass is 387 g/mol. The van der Waals surface area contributed by atoms with Gasteiger partial charge in [0.15, 0.2) is 5.96 Å². The lowest BCUT2D eigenvalue weighted by atomic mass is 10.3. The van der Waals surface area contributed by atoms with Gasteiger partial charge in [0.1, 0.15) is 12.6 Å². The molecule has 0 bridgehead atoms. The number of aliphatic carboxylic acids is 1. The molecule has 0 radical (unpaired) electrons. The first-order valence-electron chi connectivity index (χ1n) is 6.68. The van der Waals surface area contributed by atoms with Crippen LogP contribution in [-0.2, 0) is 23.9 Å². The fraction of sp³-hybridized carbons (Fsp3) is 0.700. The SMILES string of the molecule is NC(N)=NCCCOCCOC(=O)NCC(NS(=O)(=O)P)C(=O)O. The number of nitrogens with one attached hydrogen (secondary N) is 2. The van der Waals surface area contributed by atoms with E-state index in [4.69, 9.17) is 26.0 Å². The summed E-state index contributed by atoms with van der Waals surface area (Å²) in [7, 11) is -2.35. The van der Waals surface area contributed by atoms with Crippen molar-refractivity contribution in [2.75, 3.05) is 32.9 Å². The number of amides is 1. The third-order valence-corrected chi connectivity index (χ3v) is 3.28. The topological polar surface area (TPSA) is 195 Å². The molecule has 0 aromatic carbocycles. The Bertz CT molecular complexity index is 538. The number of carbonyl (C=O) groups is 2. The molecule has 0 spiro atoms. The number of carboxylic acid groups (broad SMARTS) is 1. The first-order chi connectivity index (χ1) is 11.1. The summed E-state index contributed by atoms with van der Waals surface area (Å²) in [5.74, 6) is -1.44. The van der Waals surface area contributed by atoms with Crippen LogP contribution in [0.15, 0.2) is 4.99 Å². The lowest BCUT2D eigenvalue weighted by molar-refractivity contribution is -0.138. The first-order valence-corrected chi connectivity index (χ1v) is 9.64. The molecule has 0 saturated heterocycles. The maximum atomic E-state index is 11.3. The van der Waals surface area contributed by atoms with Crippen molar-refractivity contribution in [3.63, 3.8) is 0 Å². The van der Waals surface area contributed by atoms with E-state index in [9.17, 15) is 18.0 Å². The minimum absolute atomic E-state index is 0.00127. The lowest BCUT2D eigenvalue weighted by Gasteiger charge is -2.13. The Morgan fingerprint density at radius 3 is 2.46 bits per heavy atom. The normalized spacial score (nSPS) is 12.2. The number of ether oxygens (including phenoxy) is 2. The standard InChI is InChI=1S/C10H22N5O7PS/c11-9(12)13-2-1-3-21-4-5-22-10(18)14-6-7(8(16)17)15-24(19,20)23/h7,15H,1-6,23H2,(H,14,18)(H,16,17)(H4,11,12,13). The zero-order valence-electron chi connectivity index (χ0n) is 12.8. The van der Waals surface area contributed by atoms with Gasteiger partial charge in [0.05, 0.1) is 6.61 Å². The molecule has 2 unspecified atom stereocenters. The number of nitrogens with two attached hydrogens (primary N) is 2. The smallest absolute Gasteiger partial charge is 0.407 e. The zero-order valence-corrected chi connectivity index (χ0v) is 14.8. The van der Waals surface area contributed by atoms with Gasteiger partial charge < -0.3 is 31.4 Å². The number of rotatable bonds is 12. The number of aliphatic imine (C=N–C) groups is 1. The molecule has 0 heterocycles. The van der Waals surface area contributed by atoms with E-state index in [1.54, 1.807) is 0 Å². The van der Waals surface area contributed by atoms with E-state index >= 15 is 0 Å². The van der Waals surface area contributed by atoms with Crippen LogP contribution in [0.2, 0.25) is 0 Å². The van der Waals surface area contributed by atoms with Gasteiger partial charge in [-0.05, 0) is 6.42 Å². The molecule has 0 rings (SSSR count). The van der Waals surface area contributed by atoms with E-state index in [2.05, 4.69) is 10.3 Å². The summed E-state index contributed by atoms with van der Waals surface area (Å²) in [5, 5.41) is 11.0. The minimum Gasteiger partial charge on any atom is -0.480 e. The molecule has 24 heavy (non-hydrogen) atoms. The van der Waals surface area contributed by atoms with Gasteiger partial charge in [-0.1, -0.05) is 0 Å². The van der Waals surface area contributed by atoms with Crippen molar-refractivity contribution in [3.05, 3.63) is 0 Å². The molecule has 0 aliphatic carbocycles. The molecule has 2 atom stereocenters. The molecule has 0 saturated carbocycles.